The van der Waals surface area contributed by atoms with Gasteiger partial charge in [0, 0.05) is 17.9 Å². The average Bonchev–Trinajstić information content (AvgIpc) is 3.05. The molecule has 5 N–H and O–H groups in total. The highest BCUT2D eigenvalue weighted by atomic mass is 19.1. The molecule has 1 aliphatic heterocycles. The van der Waals surface area contributed by atoms with Crippen molar-refractivity contribution in [2.24, 2.45) is 5.73 Å². The number of hydrogen-bond acceptors (Lipinski definition) is 5. The van der Waals surface area contributed by atoms with Gasteiger partial charge in [0.05, 0.1) is 17.4 Å². The van der Waals surface area contributed by atoms with Crippen LogP contribution in [0.15, 0.2) is 18.2 Å². The number of Topliss-reactive ketones (excluding diaryl/α,β-unsaturated/α-hetero) is 1. The second-order valence-corrected chi connectivity index (χ2v) is 8.25. The molecular formula is C23H27FN4O5. The zero-order chi connectivity index (χ0) is 24.4. The van der Waals surface area contributed by atoms with E-state index in [0.717, 1.165) is 12.8 Å². The number of aliphatic hydroxyl groups excluding tert-OH is 1. The van der Waals surface area contributed by atoms with Gasteiger partial charge in [-0.05, 0) is 69.4 Å². The summed E-state index contributed by atoms with van der Waals surface area (Å²) in [6.45, 7) is 4.88. The van der Waals surface area contributed by atoms with E-state index in [1.165, 1.54) is 25.1 Å². The summed E-state index contributed by atoms with van der Waals surface area (Å²) in [5.41, 5.74) is 7.27. The summed E-state index contributed by atoms with van der Waals surface area (Å²) >= 11 is 0. The molecule has 0 aliphatic carbocycles. The van der Waals surface area contributed by atoms with E-state index in [-0.39, 0.29) is 11.3 Å². The molecule has 2 unspecified atom stereocenters. The normalized spacial score (nSPS) is 14.7. The van der Waals surface area contributed by atoms with Crippen LogP contribution >= 0.6 is 0 Å². The molecule has 2 heterocycles. The Bertz CT molecular complexity index is 1140. The van der Waals surface area contributed by atoms with Crippen LogP contribution in [0, 0.1) is 19.7 Å². The van der Waals surface area contributed by atoms with E-state index in [9.17, 15) is 28.7 Å². The van der Waals surface area contributed by atoms with Crippen molar-refractivity contribution in [1.82, 2.24) is 9.88 Å². The third-order valence-electron chi connectivity index (χ3n) is 5.80. The van der Waals surface area contributed by atoms with Crippen molar-refractivity contribution in [2.45, 2.75) is 58.7 Å². The van der Waals surface area contributed by atoms with Crippen molar-refractivity contribution in [1.29, 1.82) is 0 Å². The van der Waals surface area contributed by atoms with Crippen LogP contribution < -0.4 is 16.4 Å². The molecular weight excluding hydrogens is 431 g/mol. The summed E-state index contributed by atoms with van der Waals surface area (Å²) in [4.78, 5) is 50.3. The van der Waals surface area contributed by atoms with Gasteiger partial charge in [0.2, 0.25) is 5.91 Å². The second kappa shape index (κ2) is 9.53. The molecule has 0 saturated heterocycles. The fraction of sp³-hybridized carbons (Fsp3) is 0.391. The Labute approximate surface area is 190 Å². The number of aliphatic hydroxyl groups is 1. The maximum absolute atomic E-state index is 13.6. The van der Waals surface area contributed by atoms with Gasteiger partial charge in [-0.15, -0.1) is 0 Å². The quantitative estimate of drug-likeness (QED) is 0.366. The molecule has 0 spiro atoms. The molecule has 0 radical (unpaired) electrons. The Kier molecular flexibility index (Phi) is 6.97. The number of benzene rings is 1. The van der Waals surface area contributed by atoms with Crippen LogP contribution in [-0.2, 0) is 22.6 Å². The number of primary amides is 1. The van der Waals surface area contributed by atoms with Gasteiger partial charge < -0.3 is 26.0 Å². The Hall–Kier alpha value is -3.53. The van der Waals surface area contributed by atoms with Gasteiger partial charge in [0.1, 0.15) is 11.9 Å². The van der Waals surface area contributed by atoms with Gasteiger partial charge in [-0.1, -0.05) is 0 Å². The molecule has 0 fully saturated rings. The highest BCUT2D eigenvalue weighted by Crippen LogP contribution is 2.29. The molecule has 3 rings (SSSR count). The van der Waals surface area contributed by atoms with E-state index in [4.69, 9.17) is 5.73 Å². The van der Waals surface area contributed by atoms with E-state index in [2.05, 4.69) is 10.6 Å². The molecule has 33 heavy (non-hydrogen) atoms. The van der Waals surface area contributed by atoms with Crippen LogP contribution in [0.25, 0.3) is 0 Å². The minimum atomic E-state index is -1.43. The lowest BCUT2D eigenvalue weighted by Gasteiger charge is -2.20. The molecule has 10 heteroatoms. The molecule has 0 saturated carbocycles. The lowest BCUT2D eigenvalue weighted by atomic mass is 10.0. The van der Waals surface area contributed by atoms with Gasteiger partial charge in [-0.3, -0.25) is 19.2 Å². The number of amides is 3. The molecule has 1 aromatic carbocycles. The van der Waals surface area contributed by atoms with E-state index in [0.29, 0.717) is 35.5 Å². The van der Waals surface area contributed by atoms with Crippen molar-refractivity contribution >= 4 is 29.2 Å². The fourth-order valence-corrected chi connectivity index (χ4v) is 4.13. The average molecular weight is 458 g/mol. The topological polar surface area (TPSA) is 144 Å². The number of nitrogens with zero attached hydrogens (tertiary/aromatic N) is 1. The Morgan fingerprint density at radius 3 is 2.48 bits per heavy atom. The summed E-state index contributed by atoms with van der Waals surface area (Å²) in [5, 5.41) is 14.6. The molecule has 2 atom stereocenters. The Morgan fingerprint density at radius 2 is 1.88 bits per heavy atom. The minimum Gasteiger partial charge on any atom is -0.391 e. The maximum Gasteiger partial charge on any atom is 0.294 e. The van der Waals surface area contributed by atoms with Crippen molar-refractivity contribution in [2.75, 3.05) is 5.32 Å². The summed E-state index contributed by atoms with van der Waals surface area (Å²) in [7, 11) is 0. The minimum absolute atomic E-state index is 0.0523. The predicted octanol–water partition coefficient (Wildman–Crippen LogP) is 1.37. The van der Waals surface area contributed by atoms with Crippen LogP contribution in [0.4, 0.5) is 10.1 Å². The molecule has 2 aromatic rings. The molecule has 1 aliphatic rings. The van der Waals surface area contributed by atoms with Gasteiger partial charge in [-0.2, -0.15) is 0 Å². The number of rotatable bonds is 7. The van der Waals surface area contributed by atoms with Crippen molar-refractivity contribution in [3.8, 4) is 0 Å². The first-order valence-electron chi connectivity index (χ1n) is 10.6. The highest BCUT2D eigenvalue weighted by Gasteiger charge is 2.34. The van der Waals surface area contributed by atoms with Crippen LogP contribution in [0.1, 0.15) is 57.4 Å². The van der Waals surface area contributed by atoms with Gasteiger partial charge in [-0.25, -0.2) is 4.39 Å². The number of carbonyl (C=O) groups is 4. The monoisotopic (exact) mass is 458 g/mol. The van der Waals surface area contributed by atoms with Crippen LogP contribution in [-0.4, -0.2) is 45.3 Å². The van der Waals surface area contributed by atoms with E-state index in [1.807, 2.05) is 0 Å². The summed E-state index contributed by atoms with van der Waals surface area (Å²) in [6, 6.07) is 2.77. The number of hydrogen-bond donors (Lipinski definition) is 4. The zero-order valence-electron chi connectivity index (χ0n) is 18.7. The summed E-state index contributed by atoms with van der Waals surface area (Å²) < 4.78 is 15.2. The number of fused-ring (bicyclic) bond motifs is 1. The standard InChI is InChI=1S/C23H27FN4O5/c1-11-10-14(7-8-15(11)24)26-22(32)17-12(2)19(28-9-5-4-6-16(17)28)20(30)23(33)27-18(13(3)29)21(25)31/h7-8,10,13,18,29H,4-6,9H2,1-3H3,(H2,25,31)(H,26,32)(H,27,33). The van der Waals surface area contributed by atoms with Crippen molar-refractivity contribution in [3.05, 3.63) is 52.1 Å². The SMILES string of the molecule is Cc1cc(NC(=O)c2c(C)c(C(=O)C(=O)NC(C(N)=O)C(C)O)n3c2CCCC3)ccc1F. The molecule has 1 aromatic heterocycles. The zero-order valence-corrected chi connectivity index (χ0v) is 18.7. The second-order valence-electron chi connectivity index (χ2n) is 8.25. The van der Waals surface area contributed by atoms with Crippen LogP contribution in [0.3, 0.4) is 0 Å². The predicted molar refractivity (Wildman–Crippen MR) is 118 cm³/mol. The first kappa shape index (κ1) is 24.1. The number of aryl methyl sites for hydroxylation is 1. The van der Waals surface area contributed by atoms with Gasteiger partial charge in [0.25, 0.3) is 17.6 Å². The molecule has 176 valence electrons. The highest BCUT2D eigenvalue weighted by molar-refractivity contribution is 6.43. The maximum atomic E-state index is 13.6. The number of carbonyl (C=O) groups excluding carboxylic acids is 4. The van der Waals surface area contributed by atoms with Crippen LogP contribution in [0.2, 0.25) is 0 Å². The van der Waals surface area contributed by atoms with Gasteiger partial charge in [0.15, 0.2) is 0 Å². The number of ketones is 1. The molecule has 9 nitrogen and oxygen atoms in total. The van der Waals surface area contributed by atoms with E-state index in [1.54, 1.807) is 18.4 Å². The van der Waals surface area contributed by atoms with Crippen LogP contribution in [0.5, 0.6) is 0 Å². The number of nitrogens with one attached hydrogen (secondary N) is 2. The first-order valence-corrected chi connectivity index (χ1v) is 10.6. The Morgan fingerprint density at radius 1 is 1.18 bits per heavy atom. The molecule has 0 bridgehead atoms. The van der Waals surface area contributed by atoms with Crippen molar-refractivity contribution in [3.63, 3.8) is 0 Å². The first-order chi connectivity index (χ1) is 15.5. The number of aromatic nitrogens is 1. The van der Waals surface area contributed by atoms with E-state index >= 15 is 0 Å². The third kappa shape index (κ3) is 4.80. The van der Waals surface area contributed by atoms with E-state index < -0.39 is 41.5 Å². The fourth-order valence-electron chi connectivity index (χ4n) is 4.13. The van der Waals surface area contributed by atoms with Crippen molar-refractivity contribution < 1.29 is 28.7 Å². The number of halogens is 1. The Balaban J connectivity index is 1.96. The smallest absolute Gasteiger partial charge is 0.294 e. The van der Waals surface area contributed by atoms with Gasteiger partial charge >= 0.3 is 0 Å². The summed E-state index contributed by atoms with van der Waals surface area (Å²) in [6.07, 6.45) is 0.824. The number of nitrogens with two attached hydrogens (primary N) is 1. The lowest BCUT2D eigenvalue weighted by molar-refractivity contribution is -0.127. The summed E-state index contributed by atoms with van der Waals surface area (Å²) in [5.74, 6) is -3.87. The molecule has 3 amide bonds. The lowest BCUT2D eigenvalue weighted by Crippen LogP contribution is -2.52. The largest absolute Gasteiger partial charge is 0.391 e. The number of anilines is 1. The third-order valence-corrected chi connectivity index (χ3v) is 5.80.